The average molecular weight is 299 g/mol. The van der Waals surface area contributed by atoms with Gasteiger partial charge in [0, 0.05) is 29.8 Å². The van der Waals surface area contributed by atoms with Crippen molar-refractivity contribution in [2.24, 2.45) is 4.99 Å². The smallest absolute Gasteiger partial charge is 0.157 e. The largest absolute Gasteiger partial charge is 0.367 e. The number of rotatable bonds is 6. The Balaban J connectivity index is 1.90. The van der Waals surface area contributed by atoms with Crippen LogP contribution in [-0.4, -0.2) is 33.4 Å². The van der Waals surface area contributed by atoms with Crippen LogP contribution in [0.4, 0.5) is 5.82 Å². The first-order valence-electron chi connectivity index (χ1n) is 8.32. The molecule has 5 heteroatoms. The maximum Gasteiger partial charge on any atom is 0.157 e. The lowest BCUT2D eigenvalue weighted by atomic mass is 9.99. The highest BCUT2D eigenvalue weighted by Gasteiger charge is 2.24. The Labute approximate surface area is 131 Å². The maximum atomic E-state index is 4.78. The van der Waals surface area contributed by atoms with Crippen LogP contribution in [0.5, 0.6) is 0 Å². The molecule has 0 radical (unpaired) electrons. The lowest BCUT2D eigenvalue weighted by Crippen LogP contribution is -2.19. The van der Waals surface area contributed by atoms with Crippen LogP contribution in [0.1, 0.15) is 57.6 Å². The molecule has 1 fully saturated rings. The van der Waals surface area contributed by atoms with E-state index < -0.39 is 0 Å². The Morgan fingerprint density at radius 1 is 1.41 bits per heavy atom. The molecule has 2 heterocycles. The first kappa shape index (κ1) is 15.0. The molecule has 1 unspecified atom stereocenters. The summed E-state index contributed by atoms with van der Waals surface area (Å²) in [6.45, 7) is 8.13. The van der Waals surface area contributed by atoms with E-state index in [9.17, 15) is 0 Å². The zero-order valence-electron chi connectivity index (χ0n) is 13.5. The van der Waals surface area contributed by atoms with Crippen LogP contribution in [0.25, 0.3) is 5.65 Å². The lowest BCUT2D eigenvalue weighted by molar-refractivity contribution is 0.621. The normalized spacial score (nSPS) is 21.6. The Hall–Kier alpha value is -1.91. The molecule has 1 N–H and O–H groups in total. The van der Waals surface area contributed by atoms with E-state index in [1.165, 1.54) is 0 Å². The van der Waals surface area contributed by atoms with E-state index in [-0.39, 0.29) is 0 Å². The van der Waals surface area contributed by atoms with E-state index in [2.05, 4.69) is 42.0 Å². The summed E-state index contributed by atoms with van der Waals surface area (Å²) in [7, 11) is 0. The molecule has 1 saturated carbocycles. The summed E-state index contributed by atoms with van der Waals surface area (Å²) in [4.78, 5) is 8.95. The van der Waals surface area contributed by atoms with Gasteiger partial charge in [-0.2, -0.15) is 9.61 Å². The molecule has 3 rings (SSSR count). The van der Waals surface area contributed by atoms with Gasteiger partial charge in [-0.25, -0.2) is 4.98 Å². The van der Waals surface area contributed by atoms with Gasteiger partial charge in [0.25, 0.3) is 0 Å². The number of fused-ring (bicyclic) bond motifs is 1. The Morgan fingerprint density at radius 3 is 2.91 bits per heavy atom. The predicted octanol–water partition coefficient (Wildman–Crippen LogP) is 3.67. The molecular formula is C17H25N5. The van der Waals surface area contributed by atoms with Crippen LogP contribution in [0.2, 0.25) is 0 Å². The first-order valence-corrected chi connectivity index (χ1v) is 8.32. The van der Waals surface area contributed by atoms with Crippen LogP contribution >= 0.6 is 0 Å². The number of aromatic nitrogens is 3. The van der Waals surface area contributed by atoms with Gasteiger partial charge in [0.15, 0.2) is 5.65 Å². The second-order valence-electron chi connectivity index (χ2n) is 6.17. The number of hydrogen-bond acceptors (Lipinski definition) is 4. The molecule has 5 nitrogen and oxygen atoms in total. The van der Waals surface area contributed by atoms with Crippen molar-refractivity contribution in [2.45, 2.75) is 64.0 Å². The number of hydrogen-bond donors (Lipinski definition) is 1. The zero-order valence-corrected chi connectivity index (χ0v) is 13.5. The number of nitrogens with one attached hydrogen (secondary N) is 1. The molecular weight excluding hydrogens is 274 g/mol. The van der Waals surface area contributed by atoms with Gasteiger partial charge in [0.05, 0.1) is 12.2 Å². The SMILES string of the molecule is C=NC1CC[C@H](Nc2cc(C(CC)CC)nc3ccnn23)C1. The summed E-state index contributed by atoms with van der Waals surface area (Å²) in [5, 5.41) is 8.06. The van der Waals surface area contributed by atoms with Crippen molar-refractivity contribution in [1.29, 1.82) is 0 Å². The minimum atomic E-state index is 0.394. The third-order valence-corrected chi connectivity index (χ3v) is 4.80. The molecule has 2 aromatic rings. The van der Waals surface area contributed by atoms with Crippen molar-refractivity contribution in [1.82, 2.24) is 14.6 Å². The second-order valence-corrected chi connectivity index (χ2v) is 6.17. The third-order valence-electron chi connectivity index (χ3n) is 4.80. The lowest BCUT2D eigenvalue weighted by Gasteiger charge is -2.18. The van der Waals surface area contributed by atoms with Gasteiger partial charge < -0.3 is 5.32 Å². The number of anilines is 1. The van der Waals surface area contributed by atoms with Crippen LogP contribution in [0.3, 0.4) is 0 Å². The fourth-order valence-electron chi connectivity index (χ4n) is 3.42. The van der Waals surface area contributed by atoms with Crippen molar-refractivity contribution in [3.8, 4) is 0 Å². The number of nitrogens with zero attached hydrogens (tertiary/aromatic N) is 4. The molecule has 118 valence electrons. The van der Waals surface area contributed by atoms with Crippen molar-refractivity contribution >= 4 is 18.2 Å². The minimum Gasteiger partial charge on any atom is -0.367 e. The van der Waals surface area contributed by atoms with Gasteiger partial charge in [-0.3, -0.25) is 4.99 Å². The van der Waals surface area contributed by atoms with Crippen molar-refractivity contribution < 1.29 is 0 Å². The molecule has 0 aromatic carbocycles. The van der Waals surface area contributed by atoms with Crippen molar-refractivity contribution in [3.05, 3.63) is 24.0 Å². The quantitative estimate of drug-likeness (QED) is 0.828. The first-order chi connectivity index (χ1) is 10.7. The molecule has 2 atom stereocenters. The minimum absolute atomic E-state index is 0.394. The number of aliphatic imine (C=N–C) groups is 1. The maximum absolute atomic E-state index is 4.78. The van der Waals surface area contributed by atoms with Gasteiger partial charge in [-0.05, 0) is 38.8 Å². The predicted molar refractivity (Wildman–Crippen MR) is 90.9 cm³/mol. The third kappa shape index (κ3) is 2.85. The van der Waals surface area contributed by atoms with Crippen LogP contribution in [-0.2, 0) is 0 Å². The van der Waals surface area contributed by atoms with Crippen molar-refractivity contribution in [2.75, 3.05) is 5.32 Å². The summed E-state index contributed by atoms with van der Waals surface area (Å²) in [6, 6.07) is 4.98. The van der Waals surface area contributed by atoms with Crippen LogP contribution < -0.4 is 5.32 Å². The van der Waals surface area contributed by atoms with Gasteiger partial charge >= 0.3 is 0 Å². The molecule has 1 aliphatic rings. The van der Waals surface area contributed by atoms with E-state index in [0.717, 1.165) is 49.3 Å². The summed E-state index contributed by atoms with van der Waals surface area (Å²) in [5.41, 5.74) is 2.08. The van der Waals surface area contributed by atoms with Crippen LogP contribution in [0.15, 0.2) is 23.3 Å². The monoisotopic (exact) mass is 299 g/mol. The Morgan fingerprint density at radius 2 is 2.23 bits per heavy atom. The summed E-state index contributed by atoms with van der Waals surface area (Å²) in [5.74, 6) is 1.55. The fraction of sp³-hybridized carbons (Fsp3) is 0.588. The van der Waals surface area contributed by atoms with E-state index in [1.54, 1.807) is 0 Å². The summed E-state index contributed by atoms with van der Waals surface area (Å²) >= 11 is 0. The molecule has 22 heavy (non-hydrogen) atoms. The molecule has 0 bridgehead atoms. The molecule has 0 spiro atoms. The topological polar surface area (TPSA) is 54.6 Å². The van der Waals surface area contributed by atoms with E-state index >= 15 is 0 Å². The zero-order chi connectivity index (χ0) is 15.5. The highest BCUT2D eigenvalue weighted by molar-refractivity contribution is 5.50. The van der Waals surface area contributed by atoms with Gasteiger partial charge in [-0.1, -0.05) is 13.8 Å². The highest BCUT2D eigenvalue weighted by Crippen LogP contribution is 2.28. The standard InChI is InChI=1S/C17H25N5/c1-4-12(5-2)15-11-17(22-16(21-15)8-9-19-22)20-14-7-6-13(10-14)18-3/h8-9,11-14,20H,3-7,10H2,1-2H3/t13?,14-/m0/s1. The van der Waals surface area contributed by atoms with E-state index in [4.69, 9.17) is 4.98 Å². The highest BCUT2D eigenvalue weighted by atomic mass is 15.3. The average Bonchev–Trinajstić information content (AvgIpc) is 3.17. The Kier molecular flexibility index (Phi) is 4.41. The summed E-state index contributed by atoms with van der Waals surface area (Å²) in [6.07, 6.45) is 7.34. The van der Waals surface area contributed by atoms with Gasteiger partial charge in [0.2, 0.25) is 0 Å². The molecule has 2 aromatic heterocycles. The molecule has 0 amide bonds. The Bertz CT molecular complexity index is 644. The van der Waals surface area contributed by atoms with Gasteiger partial charge in [-0.15, -0.1) is 0 Å². The second kappa shape index (κ2) is 6.46. The van der Waals surface area contributed by atoms with Gasteiger partial charge in [0.1, 0.15) is 5.82 Å². The molecule has 1 aliphatic carbocycles. The van der Waals surface area contributed by atoms with E-state index in [1.807, 2.05) is 16.8 Å². The van der Waals surface area contributed by atoms with Crippen molar-refractivity contribution in [3.63, 3.8) is 0 Å². The molecule has 0 saturated heterocycles. The molecule has 0 aliphatic heterocycles. The van der Waals surface area contributed by atoms with E-state index in [0.29, 0.717) is 18.0 Å². The van der Waals surface area contributed by atoms with Crippen LogP contribution in [0, 0.1) is 0 Å². The summed E-state index contributed by atoms with van der Waals surface area (Å²) < 4.78 is 1.90. The fourth-order valence-corrected chi connectivity index (χ4v) is 3.42.